The van der Waals surface area contributed by atoms with Crippen molar-refractivity contribution in [3.63, 3.8) is 0 Å². The molecule has 3 aromatic rings. The zero-order valence-electron chi connectivity index (χ0n) is 15.8. The van der Waals surface area contributed by atoms with Crippen LogP contribution in [0.3, 0.4) is 0 Å². The van der Waals surface area contributed by atoms with Gasteiger partial charge in [0, 0.05) is 24.2 Å². The van der Waals surface area contributed by atoms with Gasteiger partial charge in [0.15, 0.2) is 5.78 Å². The standard InChI is InChI=1S/C23H18F2N2O3/c24-16-11-9-15(10-12-16)21(28)17-5-1-2-6-18(17)22(29)26-13-14-27-23(30)19-7-3-4-8-20(19)25/h1-12H,13-14H2,(H,26,29)(H,27,30). The predicted molar refractivity (Wildman–Crippen MR) is 107 cm³/mol. The lowest BCUT2D eigenvalue weighted by Crippen LogP contribution is -2.35. The Kier molecular flexibility index (Phi) is 6.64. The van der Waals surface area contributed by atoms with E-state index in [9.17, 15) is 23.2 Å². The van der Waals surface area contributed by atoms with Crippen LogP contribution in [0.25, 0.3) is 0 Å². The van der Waals surface area contributed by atoms with Gasteiger partial charge in [0.25, 0.3) is 11.8 Å². The summed E-state index contributed by atoms with van der Waals surface area (Å²) in [5, 5.41) is 5.14. The van der Waals surface area contributed by atoms with E-state index in [1.807, 2.05) is 0 Å². The van der Waals surface area contributed by atoms with Crippen LogP contribution in [0.5, 0.6) is 0 Å². The quantitative estimate of drug-likeness (QED) is 0.465. The number of carbonyl (C=O) groups is 3. The summed E-state index contributed by atoms with van der Waals surface area (Å²) in [5.74, 6) is -2.59. The fourth-order valence-electron chi connectivity index (χ4n) is 2.82. The second kappa shape index (κ2) is 9.56. The van der Waals surface area contributed by atoms with Crippen molar-refractivity contribution < 1.29 is 23.2 Å². The van der Waals surface area contributed by atoms with Crippen molar-refractivity contribution in [1.29, 1.82) is 0 Å². The van der Waals surface area contributed by atoms with Crippen molar-refractivity contribution in [2.75, 3.05) is 13.1 Å². The number of benzene rings is 3. The molecule has 0 spiro atoms. The second-order valence-electron chi connectivity index (χ2n) is 6.37. The molecule has 2 amide bonds. The molecular weight excluding hydrogens is 390 g/mol. The molecule has 0 saturated heterocycles. The highest BCUT2D eigenvalue weighted by Gasteiger charge is 2.18. The molecule has 0 heterocycles. The summed E-state index contributed by atoms with van der Waals surface area (Å²) in [7, 11) is 0. The third-order valence-corrected chi connectivity index (χ3v) is 4.34. The number of ketones is 1. The molecule has 0 bridgehead atoms. The lowest BCUT2D eigenvalue weighted by Gasteiger charge is -2.10. The van der Waals surface area contributed by atoms with Crippen molar-refractivity contribution in [1.82, 2.24) is 10.6 Å². The zero-order valence-corrected chi connectivity index (χ0v) is 15.8. The molecule has 0 aliphatic carbocycles. The van der Waals surface area contributed by atoms with E-state index in [4.69, 9.17) is 0 Å². The van der Waals surface area contributed by atoms with Crippen LogP contribution in [0.2, 0.25) is 0 Å². The summed E-state index contributed by atoms with van der Waals surface area (Å²) < 4.78 is 26.7. The number of hydrogen-bond acceptors (Lipinski definition) is 3. The predicted octanol–water partition coefficient (Wildman–Crippen LogP) is 3.36. The van der Waals surface area contributed by atoms with E-state index in [1.165, 1.54) is 54.6 Å². The molecule has 2 N–H and O–H groups in total. The highest BCUT2D eigenvalue weighted by Crippen LogP contribution is 2.15. The minimum Gasteiger partial charge on any atom is -0.350 e. The lowest BCUT2D eigenvalue weighted by molar-refractivity contribution is 0.0922. The maximum absolute atomic E-state index is 13.6. The number of nitrogens with one attached hydrogen (secondary N) is 2. The van der Waals surface area contributed by atoms with Crippen molar-refractivity contribution in [3.8, 4) is 0 Å². The largest absolute Gasteiger partial charge is 0.350 e. The summed E-state index contributed by atoms with van der Waals surface area (Å²) in [6, 6.07) is 16.9. The van der Waals surface area contributed by atoms with Gasteiger partial charge in [-0.25, -0.2) is 8.78 Å². The van der Waals surface area contributed by atoms with Gasteiger partial charge in [-0.3, -0.25) is 14.4 Å². The Balaban J connectivity index is 1.61. The molecule has 7 heteroatoms. The summed E-state index contributed by atoms with van der Waals surface area (Å²) in [5.41, 5.74) is 0.511. The minimum absolute atomic E-state index is 0.0764. The number of rotatable bonds is 7. The summed E-state index contributed by atoms with van der Waals surface area (Å²) in [6.45, 7) is 0.158. The summed E-state index contributed by atoms with van der Waals surface area (Å²) >= 11 is 0. The first-order valence-electron chi connectivity index (χ1n) is 9.17. The van der Waals surface area contributed by atoms with Crippen molar-refractivity contribution in [2.24, 2.45) is 0 Å². The van der Waals surface area contributed by atoms with Crippen molar-refractivity contribution >= 4 is 17.6 Å². The fourth-order valence-corrected chi connectivity index (χ4v) is 2.82. The van der Waals surface area contributed by atoms with E-state index in [0.29, 0.717) is 0 Å². The van der Waals surface area contributed by atoms with Crippen molar-refractivity contribution in [3.05, 3.63) is 107 Å². The van der Waals surface area contributed by atoms with E-state index in [1.54, 1.807) is 18.2 Å². The topological polar surface area (TPSA) is 75.3 Å². The smallest absolute Gasteiger partial charge is 0.254 e. The van der Waals surface area contributed by atoms with Crippen LogP contribution in [0.4, 0.5) is 8.78 Å². The molecule has 152 valence electrons. The Bertz CT molecular complexity index is 1080. The van der Waals surface area contributed by atoms with E-state index in [2.05, 4.69) is 10.6 Å². The van der Waals surface area contributed by atoms with Crippen LogP contribution < -0.4 is 10.6 Å². The van der Waals surface area contributed by atoms with Gasteiger partial charge >= 0.3 is 0 Å². The van der Waals surface area contributed by atoms with Crippen LogP contribution in [-0.2, 0) is 0 Å². The van der Waals surface area contributed by atoms with Crippen LogP contribution >= 0.6 is 0 Å². The molecule has 0 radical (unpaired) electrons. The van der Waals surface area contributed by atoms with Crippen LogP contribution in [0, 0.1) is 11.6 Å². The van der Waals surface area contributed by atoms with Gasteiger partial charge in [-0.05, 0) is 42.5 Å². The molecule has 5 nitrogen and oxygen atoms in total. The molecule has 3 rings (SSSR count). The molecule has 0 aromatic heterocycles. The molecule has 0 fully saturated rings. The van der Waals surface area contributed by atoms with Gasteiger partial charge in [0.1, 0.15) is 11.6 Å². The number of carbonyl (C=O) groups excluding carboxylic acids is 3. The summed E-state index contributed by atoms with van der Waals surface area (Å²) in [4.78, 5) is 37.2. The molecule has 0 aliphatic heterocycles. The monoisotopic (exact) mass is 408 g/mol. The zero-order chi connectivity index (χ0) is 21.5. The van der Waals surface area contributed by atoms with E-state index >= 15 is 0 Å². The third kappa shape index (κ3) is 4.94. The van der Waals surface area contributed by atoms with Gasteiger partial charge in [0.2, 0.25) is 0 Å². The minimum atomic E-state index is -0.632. The molecule has 30 heavy (non-hydrogen) atoms. The van der Waals surface area contributed by atoms with Gasteiger partial charge in [0.05, 0.1) is 11.1 Å². The second-order valence-corrected chi connectivity index (χ2v) is 6.37. The van der Waals surface area contributed by atoms with Crippen LogP contribution in [-0.4, -0.2) is 30.7 Å². The van der Waals surface area contributed by atoms with E-state index < -0.39 is 29.2 Å². The SMILES string of the molecule is O=C(NCCNC(=O)c1ccccc1C(=O)c1ccc(F)cc1)c1ccccc1F. The van der Waals surface area contributed by atoms with Crippen molar-refractivity contribution in [2.45, 2.75) is 0 Å². The Morgan fingerprint density at radius 2 is 1.13 bits per heavy atom. The van der Waals surface area contributed by atoms with Gasteiger partial charge in [-0.1, -0.05) is 30.3 Å². The van der Waals surface area contributed by atoms with E-state index in [0.717, 1.165) is 0 Å². The first kappa shape index (κ1) is 20.9. The van der Waals surface area contributed by atoms with Gasteiger partial charge in [-0.2, -0.15) is 0 Å². The fraction of sp³-hybridized carbons (Fsp3) is 0.0870. The first-order chi connectivity index (χ1) is 14.5. The maximum Gasteiger partial charge on any atom is 0.254 e. The highest BCUT2D eigenvalue weighted by atomic mass is 19.1. The normalized spacial score (nSPS) is 10.3. The van der Waals surface area contributed by atoms with E-state index in [-0.39, 0.29) is 35.3 Å². The Labute approximate surface area is 171 Å². The molecular formula is C23H18F2N2O3. The van der Waals surface area contributed by atoms with Gasteiger partial charge in [-0.15, -0.1) is 0 Å². The number of halogens is 2. The maximum atomic E-state index is 13.6. The molecule has 0 saturated carbocycles. The Morgan fingerprint density at radius 3 is 1.73 bits per heavy atom. The average Bonchev–Trinajstić information content (AvgIpc) is 2.76. The Hall–Kier alpha value is -3.87. The average molecular weight is 408 g/mol. The molecule has 0 unspecified atom stereocenters. The first-order valence-corrected chi connectivity index (χ1v) is 9.17. The molecule has 0 aliphatic rings. The Morgan fingerprint density at radius 1 is 0.633 bits per heavy atom. The number of amides is 2. The highest BCUT2D eigenvalue weighted by molar-refractivity contribution is 6.15. The van der Waals surface area contributed by atoms with Crippen LogP contribution in [0.15, 0.2) is 72.8 Å². The number of hydrogen-bond donors (Lipinski definition) is 2. The van der Waals surface area contributed by atoms with Crippen LogP contribution in [0.1, 0.15) is 36.6 Å². The summed E-state index contributed by atoms with van der Waals surface area (Å²) in [6.07, 6.45) is 0. The lowest BCUT2D eigenvalue weighted by atomic mass is 9.98. The molecule has 0 atom stereocenters. The third-order valence-electron chi connectivity index (χ3n) is 4.34. The molecule has 3 aromatic carbocycles. The van der Waals surface area contributed by atoms with Gasteiger partial charge < -0.3 is 10.6 Å².